The van der Waals surface area contributed by atoms with Gasteiger partial charge in [0.2, 0.25) is 0 Å². The molecule has 1 aliphatic rings. The Morgan fingerprint density at radius 3 is 2.40 bits per heavy atom. The monoisotopic (exact) mass is 217 g/mol. The van der Waals surface area contributed by atoms with Crippen molar-refractivity contribution < 1.29 is 17.9 Å². The molecule has 0 radical (unpaired) electrons. The van der Waals surface area contributed by atoms with Gasteiger partial charge in [-0.15, -0.1) is 0 Å². The molecule has 5 heteroatoms. The quantitative estimate of drug-likeness (QED) is 0.779. The molecule has 1 aliphatic heterocycles. The van der Waals surface area contributed by atoms with Crippen LogP contribution in [0, 0.1) is 0 Å². The van der Waals surface area contributed by atoms with Crippen LogP contribution in [0.25, 0.3) is 0 Å². The van der Waals surface area contributed by atoms with Crippen LogP contribution in [0.2, 0.25) is 0 Å². The minimum Gasteiger partial charge on any atom is -0.377 e. The molecule has 1 fully saturated rings. The van der Waals surface area contributed by atoms with Gasteiger partial charge in [-0.3, -0.25) is 0 Å². The Kier molecular flexibility index (Phi) is 2.24. The third-order valence-corrected chi connectivity index (χ3v) is 2.48. The normalized spacial score (nSPS) is 19.7. The molecule has 0 aromatic heterocycles. The van der Waals surface area contributed by atoms with Crippen molar-refractivity contribution in [3.63, 3.8) is 0 Å². The molecule has 0 saturated carbocycles. The van der Waals surface area contributed by atoms with Gasteiger partial charge in [0, 0.05) is 0 Å². The number of ether oxygens (including phenoxy) is 1. The van der Waals surface area contributed by atoms with Crippen molar-refractivity contribution in [1.29, 1.82) is 0 Å². The molecule has 0 bridgehead atoms. The standard InChI is InChI=1S/C10H10F3NO/c11-10(12,13)8-3-1-2-7(4-8)9(14)5-15-6-9/h1-4H,5-6,14H2. The highest BCUT2D eigenvalue weighted by atomic mass is 19.4. The zero-order valence-corrected chi connectivity index (χ0v) is 7.84. The Labute approximate surface area is 84.8 Å². The molecular weight excluding hydrogens is 207 g/mol. The van der Waals surface area contributed by atoms with E-state index in [-0.39, 0.29) is 13.2 Å². The Hall–Kier alpha value is -1.07. The second kappa shape index (κ2) is 3.21. The number of halogens is 3. The second-order valence-electron chi connectivity index (χ2n) is 3.73. The molecule has 2 rings (SSSR count). The minimum atomic E-state index is -4.32. The lowest BCUT2D eigenvalue weighted by molar-refractivity contribution is -0.137. The third-order valence-electron chi connectivity index (χ3n) is 2.48. The first-order valence-corrected chi connectivity index (χ1v) is 4.46. The van der Waals surface area contributed by atoms with Gasteiger partial charge < -0.3 is 10.5 Å². The number of rotatable bonds is 1. The molecule has 2 nitrogen and oxygen atoms in total. The van der Waals surface area contributed by atoms with E-state index in [0.717, 1.165) is 12.1 Å². The van der Waals surface area contributed by atoms with E-state index in [1.807, 2.05) is 0 Å². The SMILES string of the molecule is NC1(c2cccc(C(F)(F)F)c2)COC1. The van der Waals surface area contributed by atoms with Gasteiger partial charge in [-0.25, -0.2) is 0 Å². The van der Waals surface area contributed by atoms with E-state index in [2.05, 4.69) is 0 Å². The van der Waals surface area contributed by atoms with E-state index in [4.69, 9.17) is 10.5 Å². The molecule has 0 atom stereocenters. The van der Waals surface area contributed by atoms with Gasteiger partial charge >= 0.3 is 6.18 Å². The first-order chi connectivity index (χ1) is 6.92. The molecule has 0 amide bonds. The molecule has 2 N–H and O–H groups in total. The average molecular weight is 217 g/mol. The van der Waals surface area contributed by atoms with Crippen LogP contribution < -0.4 is 5.73 Å². The summed E-state index contributed by atoms with van der Waals surface area (Å²) in [5.74, 6) is 0. The van der Waals surface area contributed by atoms with Crippen molar-refractivity contribution in [1.82, 2.24) is 0 Å². The summed E-state index contributed by atoms with van der Waals surface area (Å²) < 4.78 is 42.1. The number of benzene rings is 1. The summed E-state index contributed by atoms with van der Waals surface area (Å²) in [6.07, 6.45) is -4.32. The Bertz CT molecular complexity index is 371. The second-order valence-corrected chi connectivity index (χ2v) is 3.73. The van der Waals surface area contributed by atoms with E-state index in [1.54, 1.807) is 6.07 Å². The third kappa shape index (κ3) is 1.85. The van der Waals surface area contributed by atoms with Crippen molar-refractivity contribution in [2.75, 3.05) is 13.2 Å². The zero-order chi connectivity index (χ0) is 11.1. The molecule has 82 valence electrons. The molecule has 15 heavy (non-hydrogen) atoms. The van der Waals surface area contributed by atoms with E-state index < -0.39 is 17.3 Å². The lowest BCUT2D eigenvalue weighted by Crippen LogP contribution is -2.54. The van der Waals surface area contributed by atoms with Crippen molar-refractivity contribution in [2.24, 2.45) is 5.73 Å². The molecule has 1 aromatic carbocycles. The van der Waals surface area contributed by atoms with Crippen molar-refractivity contribution in [3.8, 4) is 0 Å². The largest absolute Gasteiger partial charge is 0.416 e. The summed E-state index contributed by atoms with van der Waals surface area (Å²) >= 11 is 0. The highest BCUT2D eigenvalue weighted by Crippen LogP contribution is 2.33. The fourth-order valence-corrected chi connectivity index (χ4v) is 1.49. The Morgan fingerprint density at radius 2 is 1.93 bits per heavy atom. The van der Waals surface area contributed by atoms with Crippen LogP contribution in [0.4, 0.5) is 13.2 Å². The molecule has 1 heterocycles. The molecule has 0 unspecified atom stereocenters. The smallest absolute Gasteiger partial charge is 0.377 e. The lowest BCUT2D eigenvalue weighted by Gasteiger charge is -2.38. The fourth-order valence-electron chi connectivity index (χ4n) is 1.49. The van der Waals surface area contributed by atoms with Crippen LogP contribution in [-0.4, -0.2) is 13.2 Å². The summed E-state index contributed by atoms with van der Waals surface area (Å²) in [7, 11) is 0. The summed E-state index contributed by atoms with van der Waals surface area (Å²) in [5.41, 5.74) is 4.90. The zero-order valence-electron chi connectivity index (χ0n) is 7.84. The maximum Gasteiger partial charge on any atom is 0.416 e. The Morgan fingerprint density at radius 1 is 1.27 bits per heavy atom. The first kappa shape index (κ1) is 10.4. The summed E-state index contributed by atoms with van der Waals surface area (Å²) in [6.45, 7) is 0.544. The van der Waals surface area contributed by atoms with Crippen LogP contribution in [0.15, 0.2) is 24.3 Å². The summed E-state index contributed by atoms with van der Waals surface area (Å²) in [4.78, 5) is 0. The van der Waals surface area contributed by atoms with Gasteiger partial charge in [0.25, 0.3) is 0 Å². The molecule has 0 spiro atoms. The maximum atomic E-state index is 12.4. The van der Waals surface area contributed by atoms with Gasteiger partial charge in [0.05, 0.1) is 24.3 Å². The van der Waals surface area contributed by atoms with E-state index in [9.17, 15) is 13.2 Å². The fraction of sp³-hybridized carbons (Fsp3) is 0.400. The van der Waals surface area contributed by atoms with Crippen molar-refractivity contribution in [2.45, 2.75) is 11.7 Å². The highest BCUT2D eigenvalue weighted by molar-refractivity contribution is 5.32. The maximum absolute atomic E-state index is 12.4. The van der Waals surface area contributed by atoms with Gasteiger partial charge in [-0.05, 0) is 17.7 Å². The van der Waals surface area contributed by atoms with Crippen LogP contribution >= 0.6 is 0 Å². The number of hydrogen-bond acceptors (Lipinski definition) is 2. The topological polar surface area (TPSA) is 35.2 Å². The highest BCUT2D eigenvalue weighted by Gasteiger charge is 2.38. The number of hydrogen-bond donors (Lipinski definition) is 1. The van der Waals surface area contributed by atoms with Crippen LogP contribution in [0.3, 0.4) is 0 Å². The molecular formula is C10H10F3NO. The van der Waals surface area contributed by atoms with Crippen molar-refractivity contribution >= 4 is 0 Å². The van der Waals surface area contributed by atoms with Gasteiger partial charge in [0.15, 0.2) is 0 Å². The molecule has 1 aromatic rings. The predicted octanol–water partition coefficient (Wildman–Crippen LogP) is 1.89. The van der Waals surface area contributed by atoms with Crippen LogP contribution in [-0.2, 0) is 16.5 Å². The number of nitrogens with two attached hydrogens (primary N) is 1. The van der Waals surface area contributed by atoms with Gasteiger partial charge in [0.1, 0.15) is 0 Å². The number of alkyl halides is 3. The Balaban J connectivity index is 2.35. The first-order valence-electron chi connectivity index (χ1n) is 4.46. The average Bonchev–Trinajstić information content (AvgIpc) is 2.13. The van der Waals surface area contributed by atoms with Gasteiger partial charge in [-0.2, -0.15) is 13.2 Å². The van der Waals surface area contributed by atoms with Crippen molar-refractivity contribution in [3.05, 3.63) is 35.4 Å². The van der Waals surface area contributed by atoms with Crippen LogP contribution in [0.5, 0.6) is 0 Å². The molecule has 1 saturated heterocycles. The minimum absolute atomic E-state index is 0.272. The van der Waals surface area contributed by atoms with Gasteiger partial charge in [-0.1, -0.05) is 12.1 Å². The van der Waals surface area contributed by atoms with Crippen LogP contribution in [0.1, 0.15) is 11.1 Å². The van der Waals surface area contributed by atoms with E-state index >= 15 is 0 Å². The summed E-state index contributed by atoms with van der Waals surface area (Å²) in [6, 6.07) is 5.08. The van der Waals surface area contributed by atoms with E-state index in [1.165, 1.54) is 6.07 Å². The van der Waals surface area contributed by atoms with E-state index in [0.29, 0.717) is 5.56 Å². The summed E-state index contributed by atoms with van der Waals surface area (Å²) in [5, 5.41) is 0. The molecule has 0 aliphatic carbocycles. The lowest BCUT2D eigenvalue weighted by atomic mass is 9.88. The predicted molar refractivity (Wildman–Crippen MR) is 48.1 cm³/mol.